The molecule has 106 valence electrons. The van der Waals surface area contributed by atoms with E-state index < -0.39 is 5.60 Å². The van der Waals surface area contributed by atoms with Crippen molar-refractivity contribution >= 4 is 6.09 Å². The van der Waals surface area contributed by atoms with Gasteiger partial charge in [-0.05, 0) is 27.7 Å². The van der Waals surface area contributed by atoms with Crippen molar-refractivity contribution in [2.24, 2.45) is 0 Å². The van der Waals surface area contributed by atoms with Gasteiger partial charge in [0.05, 0.1) is 6.20 Å². The summed E-state index contributed by atoms with van der Waals surface area (Å²) in [7, 11) is 0. The van der Waals surface area contributed by atoms with Crippen molar-refractivity contribution in [1.82, 2.24) is 20.4 Å². The van der Waals surface area contributed by atoms with E-state index in [0.717, 1.165) is 5.56 Å². The standard InChI is InChI=1S/C13H22N4O2/c1-9(10-5-14-15-6-10)16-11-7-17(8-11)12(18)19-13(2,3)4/h5-6,9,11,16H,7-8H2,1-4H3,(H,14,15). The molecule has 19 heavy (non-hydrogen) atoms. The molecule has 0 aliphatic carbocycles. The number of hydrogen-bond donors (Lipinski definition) is 2. The molecule has 1 unspecified atom stereocenters. The Bertz CT molecular complexity index is 418. The molecule has 1 aliphatic heterocycles. The molecule has 1 fully saturated rings. The van der Waals surface area contributed by atoms with Gasteiger partial charge in [0.25, 0.3) is 0 Å². The Morgan fingerprint density at radius 1 is 1.58 bits per heavy atom. The Morgan fingerprint density at radius 3 is 2.79 bits per heavy atom. The van der Waals surface area contributed by atoms with Crippen LogP contribution in [0.5, 0.6) is 0 Å². The molecule has 0 saturated carbocycles. The van der Waals surface area contributed by atoms with Gasteiger partial charge in [-0.1, -0.05) is 0 Å². The molecule has 0 aromatic carbocycles. The number of aromatic nitrogens is 2. The molecular weight excluding hydrogens is 244 g/mol. The molecule has 1 aliphatic rings. The third-order valence-electron chi connectivity index (χ3n) is 3.04. The lowest BCUT2D eigenvalue weighted by atomic mass is 10.1. The highest BCUT2D eigenvalue weighted by Crippen LogP contribution is 2.18. The molecule has 2 heterocycles. The van der Waals surface area contributed by atoms with E-state index in [1.807, 2.05) is 33.2 Å². The van der Waals surface area contributed by atoms with Crippen molar-refractivity contribution < 1.29 is 9.53 Å². The number of aromatic amines is 1. The van der Waals surface area contributed by atoms with E-state index in [4.69, 9.17) is 4.74 Å². The first-order valence-corrected chi connectivity index (χ1v) is 6.58. The summed E-state index contributed by atoms with van der Waals surface area (Å²) in [5.74, 6) is 0. The maximum Gasteiger partial charge on any atom is 0.410 e. The van der Waals surface area contributed by atoms with Gasteiger partial charge in [0.1, 0.15) is 5.60 Å². The maximum absolute atomic E-state index is 11.8. The van der Waals surface area contributed by atoms with Gasteiger partial charge in [0, 0.05) is 36.9 Å². The number of carbonyl (C=O) groups excluding carboxylic acids is 1. The quantitative estimate of drug-likeness (QED) is 0.873. The number of amides is 1. The van der Waals surface area contributed by atoms with Crippen LogP contribution in [0.25, 0.3) is 0 Å². The zero-order valence-electron chi connectivity index (χ0n) is 11.9. The van der Waals surface area contributed by atoms with Crippen LogP contribution in [-0.4, -0.2) is 45.9 Å². The molecular formula is C13H22N4O2. The lowest BCUT2D eigenvalue weighted by Crippen LogP contribution is -2.60. The molecule has 6 nitrogen and oxygen atoms in total. The molecule has 1 atom stereocenters. The molecule has 1 amide bonds. The zero-order valence-corrected chi connectivity index (χ0v) is 11.9. The second-order valence-electron chi connectivity index (χ2n) is 6.00. The highest BCUT2D eigenvalue weighted by Gasteiger charge is 2.34. The van der Waals surface area contributed by atoms with Gasteiger partial charge < -0.3 is 15.0 Å². The normalized spacial score (nSPS) is 18.0. The van der Waals surface area contributed by atoms with Crippen LogP contribution in [0.1, 0.15) is 39.3 Å². The van der Waals surface area contributed by atoms with E-state index in [9.17, 15) is 4.79 Å². The lowest BCUT2D eigenvalue weighted by Gasteiger charge is -2.41. The van der Waals surface area contributed by atoms with Crippen molar-refractivity contribution in [2.45, 2.75) is 45.4 Å². The summed E-state index contributed by atoms with van der Waals surface area (Å²) < 4.78 is 5.31. The Hall–Kier alpha value is -1.56. The van der Waals surface area contributed by atoms with Gasteiger partial charge in [-0.15, -0.1) is 0 Å². The first-order chi connectivity index (χ1) is 8.85. The number of nitrogens with one attached hydrogen (secondary N) is 2. The van der Waals surface area contributed by atoms with Crippen LogP contribution in [0, 0.1) is 0 Å². The number of likely N-dealkylation sites (tertiary alicyclic amines) is 1. The fourth-order valence-electron chi connectivity index (χ4n) is 2.01. The van der Waals surface area contributed by atoms with E-state index in [1.165, 1.54) is 0 Å². The van der Waals surface area contributed by atoms with Gasteiger partial charge in [-0.2, -0.15) is 5.10 Å². The van der Waals surface area contributed by atoms with Crippen molar-refractivity contribution in [3.63, 3.8) is 0 Å². The molecule has 1 aromatic rings. The number of carbonyl (C=O) groups is 1. The van der Waals surface area contributed by atoms with Crippen LogP contribution < -0.4 is 5.32 Å². The Labute approximate surface area is 113 Å². The summed E-state index contributed by atoms with van der Waals surface area (Å²) in [6.07, 6.45) is 3.45. The highest BCUT2D eigenvalue weighted by atomic mass is 16.6. The van der Waals surface area contributed by atoms with E-state index in [1.54, 1.807) is 4.90 Å². The number of nitrogens with zero attached hydrogens (tertiary/aromatic N) is 2. The zero-order chi connectivity index (χ0) is 14.0. The summed E-state index contributed by atoms with van der Waals surface area (Å²) in [6.45, 7) is 9.10. The first-order valence-electron chi connectivity index (χ1n) is 6.58. The molecule has 2 N–H and O–H groups in total. The minimum absolute atomic E-state index is 0.226. The molecule has 0 radical (unpaired) electrons. The van der Waals surface area contributed by atoms with E-state index in [0.29, 0.717) is 19.1 Å². The van der Waals surface area contributed by atoms with Gasteiger partial charge in [0.15, 0.2) is 0 Å². The lowest BCUT2D eigenvalue weighted by molar-refractivity contribution is 0.00434. The largest absolute Gasteiger partial charge is 0.444 e. The van der Waals surface area contributed by atoms with Gasteiger partial charge in [-0.25, -0.2) is 4.79 Å². The van der Waals surface area contributed by atoms with Crippen LogP contribution in [0.2, 0.25) is 0 Å². The van der Waals surface area contributed by atoms with Crippen molar-refractivity contribution in [1.29, 1.82) is 0 Å². The van der Waals surface area contributed by atoms with Crippen LogP contribution in [0.4, 0.5) is 4.79 Å². The number of rotatable bonds is 3. The summed E-state index contributed by atoms with van der Waals surface area (Å²) in [6, 6.07) is 0.543. The smallest absolute Gasteiger partial charge is 0.410 e. The second-order valence-corrected chi connectivity index (χ2v) is 6.00. The van der Waals surface area contributed by atoms with Gasteiger partial charge in [-0.3, -0.25) is 5.10 Å². The van der Waals surface area contributed by atoms with E-state index in [-0.39, 0.29) is 12.1 Å². The van der Waals surface area contributed by atoms with Gasteiger partial charge >= 0.3 is 6.09 Å². The van der Waals surface area contributed by atoms with Crippen LogP contribution in [0.3, 0.4) is 0 Å². The molecule has 1 aromatic heterocycles. The average molecular weight is 266 g/mol. The van der Waals surface area contributed by atoms with Crippen molar-refractivity contribution in [2.75, 3.05) is 13.1 Å². The monoisotopic (exact) mass is 266 g/mol. The summed E-state index contributed by atoms with van der Waals surface area (Å²) in [5, 5.41) is 10.2. The predicted molar refractivity (Wildman–Crippen MR) is 71.7 cm³/mol. The fourth-order valence-corrected chi connectivity index (χ4v) is 2.01. The highest BCUT2D eigenvalue weighted by molar-refractivity contribution is 5.69. The van der Waals surface area contributed by atoms with Crippen LogP contribution >= 0.6 is 0 Å². The third-order valence-corrected chi connectivity index (χ3v) is 3.04. The Balaban J connectivity index is 1.73. The van der Waals surface area contributed by atoms with Crippen molar-refractivity contribution in [3.05, 3.63) is 18.0 Å². The average Bonchev–Trinajstić information content (AvgIpc) is 2.72. The number of ether oxygens (including phenoxy) is 1. The SMILES string of the molecule is CC(NC1CN(C(=O)OC(C)(C)C)C1)c1cn[nH]c1. The predicted octanol–water partition coefficient (Wildman–Crippen LogP) is 1.68. The number of hydrogen-bond acceptors (Lipinski definition) is 4. The molecule has 0 bridgehead atoms. The third kappa shape index (κ3) is 3.70. The minimum atomic E-state index is -0.431. The topological polar surface area (TPSA) is 70.2 Å². The molecule has 0 spiro atoms. The second kappa shape index (κ2) is 5.21. The summed E-state index contributed by atoms with van der Waals surface area (Å²) in [5.41, 5.74) is 0.690. The maximum atomic E-state index is 11.8. The van der Waals surface area contributed by atoms with Crippen LogP contribution in [0.15, 0.2) is 12.4 Å². The van der Waals surface area contributed by atoms with Crippen LogP contribution in [-0.2, 0) is 4.74 Å². The number of H-pyrrole nitrogens is 1. The molecule has 1 saturated heterocycles. The minimum Gasteiger partial charge on any atom is -0.444 e. The summed E-state index contributed by atoms with van der Waals surface area (Å²) in [4.78, 5) is 13.5. The Morgan fingerprint density at radius 2 is 2.26 bits per heavy atom. The van der Waals surface area contributed by atoms with Crippen molar-refractivity contribution in [3.8, 4) is 0 Å². The van der Waals surface area contributed by atoms with Gasteiger partial charge in [0.2, 0.25) is 0 Å². The first kappa shape index (κ1) is 13.9. The van der Waals surface area contributed by atoms with E-state index >= 15 is 0 Å². The molecule has 2 rings (SSSR count). The molecule has 6 heteroatoms. The summed E-state index contributed by atoms with van der Waals surface area (Å²) >= 11 is 0. The Kier molecular flexibility index (Phi) is 3.80. The fraction of sp³-hybridized carbons (Fsp3) is 0.692. The van der Waals surface area contributed by atoms with E-state index in [2.05, 4.69) is 22.4 Å².